The largest absolute Gasteiger partial charge is 0.405 e. The van der Waals surface area contributed by atoms with Gasteiger partial charge in [0.1, 0.15) is 5.69 Å². The van der Waals surface area contributed by atoms with Gasteiger partial charge in [-0.3, -0.25) is 4.79 Å². The summed E-state index contributed by atoms with van der Waals surface area (Å²) in [5.41, 5.74) is 1.43. The first-order valence-corrected chi connectivity index (χ1v) is 5.44. The molecule has 4 nitrogen and oxygen atoms in total. The van der Waals surface area contributed by atoms with E-state index in [0.29, 0.717) is 18.0 Å². The van der Waals surface area contributed by atoms with Crippen LogP contribution >= 0.6 is 0 Å². The van der Waals surface area contributed by atoms with E-state index in [4.69, 9.17) is 9.15 Å². The summed E-state index contributed by atoms with van der Waals surface area (Å²) in [6.07, 6.45) is 0.306. The number of rotatable bonds is 3. The molecule has 0 aliphatic carbocycles. The molecule has 88 valence electrons. The van der Waals surface area contributed by atoms with Crippen molar-refractivity contribution in [2.75, 3.05) is 0 Å². The van der Waals surface area contributed by atoms with Gasteiger partial charge in [0.25, 0.3) is 0 Å². The summed E-state index contributed by atoms with van der Waals surface area (Å²) in [7, 11) is 0. The van der Waals surface area contributed by atoms with Crippen LogP contribution in [0, 0.1) is 6.92 Å². The Labute approximate surface area is 99.2 Å². The van der Waals surface area contributed by atoms with Gasteiger partial charge in [0.05, 0.1) is 0 Å². The van der Waals surface area contributed by atoms with E-state index in [1.807, 2.05) is 30.3 Å². The molecule has 1 heterocycles. The molecular formula is C13H13NO3. The molecule has 2 rings (SSSR count). The average molecular weight is 231 g/mol. The number of oxazole rings is 1. The van der Waals surface area contributed by atoms with Crippen molar-refractivity contribution in [2.24, 2.45) is 0 Å². The molecule has 1 aromatic carbocycles. The lowest BCUT2D eigenvalue weighted by atomic mass is 10.2. The van der Waals surface area contributed by atoms with Gasteiger partial charge >= 0.3 is 11.9 Å². The van der Waals surface area contributed by atoms with Crippen molar-refractivity contribution in [1.82, 2.24) is 4.98 Å². The summed E-state index contributed by atoms with van der Waals surface area (Å²) in [6, 6.07) is 9.48. The monoisotopic (exact) mass is 231 g/mol. The Balaban J connectivity index is 2.28. The minimum Gasteiger partial charge on any atom is -0.405 e. The predicted octanol–water partition coefficient (Wildman–Crippen LogP) is 2.97. The molecule has 0 atom stereocenters. The van der Waals surface area contributed by atoms with E-state index in [1.54, 1.807) is 13.8 Å². The van der Waals surface area contributed by atoms with E-state index < -0.39 is 0 Å². The predicted molar refractivity (Wildman–Crippen MR) is 62.6 cm³/mol. The van der Waals surface area contributed by atoms with Gasteiger partial charge in [0.15, 0.2) is 0 Å². The quantitative estimate of drug-likeness (QED) is 0.762. The summed E-state index contributed by atoms with van der Waals surface area (Å²) < 4.78 is 10.4. The Kier molecular flexibility index (Phi) is 3.23. The maximum Gasteiger partial charge on any atom is 0.316 e. The molecular weight excluding hydrogens is 218 g/mol. The highest BCUT2D eigenvalue weighted by Gasteiger charge is 2.14. The fraction of sp³-hybridized carbons (Fsp3) is 0.231. The fourth-order valence-corrected chi connectivity index (χ4v) is 1.36. The van der Waals surface area contributed by atoms with Crippen LogP contribution in [0.15, 0.2) is 34.7 Å². The van der Waals surface area contributed by atoms with Crippen molar-refractivity contribution >= 4 is 5.97 Å². The summed E-state index contributed by atoms with van der Waals surface area (Å²) in [4.78, 5) is 15.4. The van der Waals surface area contributed by atoms with Crippen LogP contribution in [0.5, 0.6) is 5.95 Å². The van der Waals surface area contributed by atoms with Crippen LogP contribution < -0.4 is 4.74 Å². The number of hydrogen-bond donors (Lipinski definition) is 0. The number of benzene rings is 1. The van der Waals surface area contributed by atoms with E-state index in [1.165, 1.54) is 0 Å². The number of nitrogens with zero attached hydrogens (tertiary/aromatic N) is 1. The van der Waals surface area contributed by atoms with Gasteiger partial charge < -0.3 is 9.15 Å². The zero-order valence-electron chi connectivity index (χ0n) is 9.77. The SMILES string of the molecule is CCC(=O)Oc1oc(-c2ccccc2)nc1C. The normalized spacial score (nSPS) is 10.2. The molecule has 1 aromatic heterocycles. The third kappa shape index (κ3) is 2.53. The van der Waals surface area contributed by atoms with Gasteiger partial charge in [0.2, 0.25) is 5.89 Å². The molecule has 0 aliphatic heterocycles. The number of aryl methyl sites for hydroxylation is 1. The first-order chi connectivity index (χ1) is 8.20. The maximum absolute atomic E-state index is 11.2. The van der Waals surface area contributed by atoms with Crippen LogP contribution in [0.4, 0.5) is 0 Å². The van der Waals surface area contributed by atoms with E-state index >= 15 is 0 Å². The lowest BCUT2D eigenvalue weighted by Crippen LogP contribution is -2.05. The fourth-order valence-electron chi connectivity index (χ4n) is 1.36. The van der Waals surface area contributed by atoms with Gasteiger partial charge in [0, 0.05) is 12.0 Å². The lowest BCUT2D eigenvalue weighted by molar-refractivity contribution is -0.135. The molecule has 0 amide bonds. The van der Waals surface area contributed by atoms with Crippen LogP contribution in [0.2, 0.25) is 0 Å². The molecule has 0 radical (unpaired) electrons. The maximum atomic E-state index is 11.2. The van der Waals surface area contributed by atoms with E-state index in [-0.39, 0.29) is 11.9 Å². The molecule has 0 N–H and O–H groups in total. The highest BCUT2D eigenvalue weighted by molar-refractivity contribution is 5.71. The van der Waals surface area contributed by atoms with Gasteiger partial charge in [-0.2, -0.15) is 0 Å². The van der Waals surface area contributed by atoms with Gasteiger partial charge in [-0.15, -0.1) is 0 Å². The smallest absolute Gasteiger partial charge is 0.316 e. The Morgan fingerprint density at radius 1 is 1.35 bits per heavy atom. The van der Waals surface area contributed by atoms with Crippen LogP contribution in [0.1, 0.15) is 19.0 Å². The van der Waals surface area contributed by atoms with Crippen LogP contribution in [0.25, 0.3) is 11.5 Å². The zero-order chi connectivity index (χ0) is 12.3. The third-order valence-electron chi connectivity index (χ3n) is 2.27. The number of ether oxygens (including phenoxy) is 1. The Morgan fingerprint density at radius 2 is 2.06 bits per heavy atom. The summed E-state index contributed by atoms with van der Waals surface area (Å²) in [5.74, 6) is 0.307. The van der Waals surface area contributed by atoms with Crippen LogP contribution in [-0.4, -0.2) is 11.0 Å². The Morgan fingerprint density at radius 3 is 2.71 bits per heavy atom. The Hall–Kier alpha value is -2.10. The second-order valence-corrected chi connectivity index (χ2v) is 3.59. The molecule has 0 fully saturated rings. The molecule has 0 aliphatic rings. The topological polar surface area (TPSA) is 52.3 Å². The van der Waals surface area contributed by atoms with Gasteiger partial charge in [-0.05, 0) is 19.1 Å². The van der Waals surface area contributed by atoms with Crippen molar-refractivity contribution in [3.8, 4) is 17.4 Å². The number of carbonyl (C=O) groups excluding carboxylic acids is 1. The van der Waals surface area contributed by atoms with Crippen molar-refractivity contribution < 1.29 is 13.9 Å². The molecule has 0 spiro atoms. The van der Waals surface area contributed by atoms with Crippen molar-refractivity contribution in [1.29, 1.82) is 0 Å². The highest BCUT2D eigenvalue weighted by atomic mass is 16.6. The van der Waals surface area contributed by atoms with Crippen molar-refractivity contribution in [2.45, 2.75) is 20.3 Å². The molecule has 0 bridgehead atoms. The minimum atomic E-state index is -0.330. The van der Waals surface area contributed by atoms with Crippen molar-refractivity contribution in [3.63, 3.8) is 0 Å². The molecule has 4 heteroatoms. The second-order valence-electron chi connectivity index (χ2n) is 3.59. The van der Waals surface area contributed by atoms with E-state index in [0.717, 1.165) is 5.56 Å². The van der Waals surface area contributed by atoms with Gasteiger partial charge in [-0.25, -0.2) is 4.98 Å². The van der Waals surface area contributed by atoms with Crippen LogP contribution in [0.3, 0.4) is 0 Å². The highest BCUT2D eigenvalue weighted by Crippen LogP contribution is 2.26. The third-order valence-corrected chi connectivity index (χ3v) is 2.27. The van der Waals surface area contributed by atoms with Crippen molar-refractivity contribution in [3.05, 3.63) is 36.0 Å². The molecule has 0 saturated carbocycles. The number of hydrogen-bond acceptors (Lipinski definition) is 4. The molecule has 0 unspecified atom stereocenters. The number of esters is 1. The molecule has 17 heavy (non-hydrogen) atoms. The minimum absolute atomic E-state index is 0.177. The van der Waals surface area contributed by atoms with Gasteiger partial charge in [-0.1, -0.05) is 25.1 Å². The molecule has 2 aromatic rings. The molecule has 0 saturated heterocycles. The first-order valence-electron chi connectivity index (χ1n) is 5.44. The van der Waals surface area contributed by atoms with Crippen LogP contribution in [-0.2, 0) is 4.79 Å². The lowest BCUT2D eigenvalue weighted by Gasteiger charge is -1.97. The number of carbonyl (C=O) groups is 1. The number of aromatic nitrogens is 1. The second kappa shape index (κ2) is 4.82. The standard InChI is InChI=1S/C13H13NO3/c1-3-11(15)16-13-9(2)14-12(17-13)10-7-5-4-6-8-10/h4-8H,3H2,1-2H3. The zero-order valence-corrected chi connectivity index (χ0v) is 9.77. The van der Waals surface area contributed by atoms with E-state index in [2.05, 4.69) is 4.98 Å². The summed E-state index contributed by atoms with van der Waals surface area (Å²) >= 11 is 0. The Bertz CT molecular complexity index is 517. The first kappa shape index (κ1) is 11.4. The summed E-state index contributed by atoms with van der Waals surface area (Å²) in [5, 5.41) is 0. The van der Waals surface area contributed by atoms with E-state index in [9.17, 15) is 4.79 Å². The summed E-state index contributed by atoms with van der Waals surface area (Å²) in [6.45, 7) is 3.47. The average Bonchev–Trinajstić information content (AvgIpc) is 2.72.